The molecular weight excluding hydrogens is 332 g/mol. The summed E-state index contributed by atoms with van der Waals surface area (Å²) in [4.78, 5) is 23.8. The van der Waals surface area contributed by atoms with Gasteiger partial charge in [0.25, 0.3) is 0 Å². The third-order valence-electron chi connectivity index (χ3n) is 7.79. The second kappa shape index (κ2) is 6.09. The lowest BCUT2D eigenvalue weighted by Crippen LogP contribution is -2.56. The second-order valence-electron chi connectivity index (χ2n) is 8.77. The molecule has 0 aliphatic heterocycles. The number of carbonyl (C=O) groups excluding carboxylic acids is 2. The van der Waals surface area contributed by atoms with Crippen molar-refractivity contribution in [1.29, 1.82) is 0 Å². The van der Waals surface area contributed by atoms with Gasteiger partial charge in [-0.15, -0.1) is 12.6 Å². The second-order valence-corrected chi connectivity index (χ2v) is 9.21. The van der Waals surface area contributed by atoms with E-state index in [0.717, 1.165) is 25.7 Å². The van der Waals surface area contributed by atoms with Gasteiger partial charge in [-0.25, -0.2) is 0 Å². The van der Waals surface area contributed by atoms with Crippen molar-refractivity contribution >= 4 is 23.5 Å². The molecule has 7 atom stereocenters. The van der Waals surface area contributed by atoms with Crippen molar-refractivity contribution in [3.63, 3.8) is 0 Å². The fraction of sp³-hybridized carbons (Fsp3) is 0.714. The van der Waals surface area contributed by atoms with E-state index in [0.29, 0.717) is 18.3 Å². The number of hydrogen-bond donors (Lipinski definition) is 2. The average Bonchev–Trinajstić information content (AvgIpc) is 2.84. The van der Waals surface area contributed by atoms with Crippen molar-refractivity contribution in [2.45, 2.75) is 59.5 Å². The largest absolute Gasteiger partial charge is 0.393 e. The maximum Gasteiger partial charge on any atom is 0.189 e. The van der Waals surface area contributed by atoms with Gasteiger partial charge in [0.15, 0.2) is 10.9 Å². The number of hydrogen-bond acceptors (Lipinski definition) is 3. The van der Waals surface area contributed by atoms with Crippen LogP contribution in [0.5, 0.6) is 0 Å². The van der Waals surface area contributed by atoms with Crippen LogP contribution in [0.3, 0.4) is 0 Å². The Balaban J connectivity index is 0.00000182. The maximum absolute atomic E-state index is 12.0. The minimum absolute atomic E-state index is 0. The standard InChI is InChI=1S/C20H26O3S.CH4/c1-19-8-7-12(21)9-11(19)3-4-13-14-5-6-15(18(23)24)20(14,2)10-16(22)17(13)19;/h7-9,13-17,22H,3-6,10H2,1-2H3,(H,23,24);1H4. The molecule has 4 heteroatoms. The van der Waals surface area contributed by atoms with Crippen LogP contribution < -0.4 is 0 Å². The molecule has 4 rings (SSSR count). The number of aliphatic hydroxyl groups excluding tert-OH is 1. The molecule has 138 valence electrons. The molecule has 3 nitrogen and oxygen atoms in total. The summed E-state index contributed by atoms with van der Waals surface area (Å²) in [5.74, 6) is 1.06. The van der Waals surface area contributed by atoms with Crippen LogP contribution in [0.4, 0.5) is 0 Å². The highest BCUT2D eigenvalue weighted by Gasteiger charge is 2.62. The van der Waals surface area contributed by atoms with Crippen LogP contribution in [-0.2, 0) is 9.59 Å². The summed E-state index contributed by atoms with van der Waals surface area (Å²) in [6.45, 7) is 4.37. The highest BCUT2D eigenvalue weighted by atomic mass is 32.1. The molecule has 3 saturated carbocycles. The minimum atomic E-state index is -0.434. The van der Waals surface area contributed by atoms with Crippen molar-refractivity contribution in [2.75, 3.05) is 0 Å². The van der Waals surface area contributed by atoms with Crippen LogP contribution in [0.1, 0.15) is 53.4 Å². The molecule has 3 fully saturated rings. The first kappa shape index (κ1) is 18.9. The van der Waals surface area contributed by atoms with Gasteiger partial charge in [-0.3, -0.25) is 9.59 Å². The van der Waals surface area contributed by atoms with Gasteiger partial charge < -0.3 is 5.11 Å². The molecular formula is C21H30O3S. The van der Waals surface area contributed by atoms with Crippen LogP contribution in [-0.4, -0.2) is 22.1 Å². The summed E-state index contributed by atoms with van der Waals surface area (Å²) in [5, 5.41) is 11.1. The summed E-state index contributed by atoms with van der Waals surface area (Å²) in [6.07, 6.45) is 9.60. The minimum Gasteiger partial charge on any atom is -0.393 e. The number of aliphatic hydroxyl groups is 1. The third-order valence-corrected chi connectivity index (χ3v) is 8.10. The van der Waals surface area contributed by atoms with E-state index in [2.05, 4.69) is 26.5 Å². The molecule has 25 heavy (non-hydrogen) atoms. The Hall–Kier alpha value is -0.870. The zero-order valence-corrected chi connectivity index (χ0v) is 15.3. The summed E-state index contributed by atoms with van der Waals surface area (Å²) < 4.78 is 0. The van der Waals surface area contributed by atoms with Gasteiger partial charge in [-0.2, -0.15) is 0 Å². The molecule has 0 aromatic heterocycles. The highest BCUT2D eigenvalue weighted by molar-refractivity contribution is 7.96. The zero-order valence-electron chi connectivity index (χ0n) is 14.4. The molecule has 0 radical (unpaired) electrons. The van der Waals surface area contributed by atoms with Gasteiger partial charge in [0.05, 0.1) is 6.10 Å². The fourth-order valence-corrected chi connectivity index (χ4v) is 7.16. The number of ketones is 1. The van der Waals surface area contributed by atoms with Crippen molar-refractivity contribution in [2.24, 2.45) is 34.5 Å². The van der Waals surface area contributed by atoms with E-state index in [1.807, 2.05) is 6.08 Å². The van der Waals surface area contributed by atoms with Crippen LogP contribution in [0, 0.1) is 34.5 Å². The van der Waals surface area contributed by atoms with E-state index in [1.54, 1.807) is 12.2 Å². The van der Waals surface area contributed by atoms with E-state index < -0.39 is 6.10 Å². The predicted octanol–water partition coefficient (Wildman–Crippen LogP) is 3.97. The Labute approximate surface area is 156 Å². The SMILES string of the molecule is C.CC12C=CC(=O)C=C1CCC1C2C(O)CC2(C)C(C(=O)S)CCC12. The zero-order chi connectivity index (χ0) is 17.3. The summed E-state index contributed by atoms with van der Waals surface area (Å²) in [7, 11) is 0. The number of thiol groups is 1. The molecule has 0 saturated heterocycles. The molecule has 0 bridgehead atoms. The van der Waals surface area contributed by atoms with Crippen molar-refractivity contribution < 1.29 is 14.7 Å². The van der Waals surface area contributed by atoms with Gasteiger partial charge in [0, 0.05) is 17.3 Å². The van der Waals surface area contributed by atoms with Crippen molar-refractivity contribution in [3.8, 4) is 0 Å². The Bertz CT molecular complexity index is 666. The number of fused-ring (bicyclic) bond motifs is 5. The van der Waals surface area contributed by atoms with E-state index in [4.69, 9.17) is 0 Å². The molecule has 7 unspecified atom stereocenters. The fourth-order valence-electron chi connectivity index (χ4n) is 6.73. The van der Waals surface area contributed by atoms with Gasteiger partial charge in [0.1, 0.15) is 0 Å². The van der Waals surface area contributed by atoms with Gasteiger partial charge >= 0.3 is 0 Å². The molecule has 0 aromatic carbocycles. The third kappa shape index (κ3) is 2.51. The number of carbonyl (C=O) groups is 2. The van der Waals surface area contributed by atoms with E-state index >= 15 is 0 Å². The van der Waals surface area contributed by atoms with Crippen LogP contribution in [0.2, 0.25) is 0 Å². The number of allylic oxidation sites excluding steroid dienone is 4. The topological polar surface area (TPSA) is 54.4 Å². The van der Waals surface area contributed by atoms with E-state index in [1.165, 1.54) is 5.57 Å². The average molecular weight is 363 g/mol. The van der Waals surface area contributed by atoms with E-state index in [9.17, 15) is 14.7 Å². The molecule has 0 aromatic rings. The van der Waals surface area contributed by atoms with Crippen LogP contribution in [0.15, 0.2) is 23.8 Å². The Kier molecular flexibility index (Phi) is 4.61. The Morgan fingerprint density at radius 1 is 1.28 bits per heavy atom. The molecule has 1 N–H and O–H groups in total. The Morgan fingerprint density at radius 2 is 2.00 bits per heavy atom. The maximum atomic E-state index is 12.0. The first-order chi connectivity index (χ1) is 11.3. The molecule has 4 aliphatic rings. The molecule has 0 heterocycles. The lowest BCUT2D eigenvalue weighted by Gasteiger charge is -2.58. The van der Waals surface area contributed by atoms with Crippen LogP contribution in [0.25, 0.3) is 0 Å². The van der Waals surface area contributed by atoms with E-state index in [-0.39, 0.29) is 41.0 Å². The molecule has 0 spiro atoms. The smallest absolute Gasteiger partial charge is 0.189 e. The lowest BCUT2D eigenvalue weighted by molar-refractivity contribution is -0.132. The van der Waals surface area contributed by atoms with Crippen molar-refractivity contribution in [3.05, 3.63) is 23.8 Å². The van der Waals surface area contributed by atoms with Gasteiger partial charge in [0.2, 0.25) is 0 Å². The van der Waals surface area contributed by atoms with Crippen molar-refractivity contribution in [1.82, 2.24) is 0 Å². The normalized spacial score (nSPS) is 47.9. The summed E-state index contributed by atoms with van der Waals surface area (Å²) in [5.41, 5.74) is 0.824. The summed E-state index contributed by atoms with van der Waals surface area (Å²) in [6, 6.07) is 0. The monoisotopic (exact) mass is 362 g/mol. The first-order valence-electron chi connectivity index (χ1n) is 9.12. The number of rotatable bonds is 1. The molecule has 4 aliphatic carbocycles. The van der Waals surface area contributed by atoms with Crippen LogP contribution >= 0.6 is 12.6 Å². The highest BCUT2D eigenvalue weighted by Crippen LogP contribution is 2.66. The Morgan fingerprint density at radius 3 is 2.68 bits per heavy atom. The van der Waals surface area contributed by atoms with Gasteiger partial charge in [-0.05, 0) is 61.5 Å². The molecule has 0 amide bonds. The lowest BCUT2D eigenvalue weighted by atomic mass is 9.47. The first-order valence-corrected chi connectivity index (χ1v) is 9.57. The quantitative estimate of drug-likeness (QED) is 0.694. The summed E-state index contributed by atoms with van der Waals surface area (Å²) >= 11 is 4.13. The van der Waals surface area contributed by atoms with Gasteiger partial charge in [-0.1, -0.05) is 32.9 Å². The predicted molar refractivity (Wildman–Crippen MR) is 102 cm³/mol.